The standard InChI is InChI=1S/C18H27N3O2/c1-12(2)16(21-18(23)15-5-4-10-19-15)11-20-17(22)14-8-6-13(3)7-9-14/h6-9,12,15-16,19H,4-5,10-11H2,1-3H3,(H,20,22)(H,21,23)/t15-,16-/m0/s1. The molecule has 1 saturated heterocycles. The molecule has 1 fully saturated rings. The predicted octanol–water partition coefficient (Wildman–Crippen LogP) is 1.62. The van der Waals surface area contributed by atoms with Gasteiger partial charge >= 0.3 is 0 Å². The highest BCUT2D eigenvalue weighted by Crippen LogP contribution is 2.08. The fourth-order valence-electron chi connectivity index (χ4n) is 2.65. The van der Waals surface area contributed by atoms with Crippen LogP contribution in [0.25, 0.3) is 0 Å². The van der Waals surface area contributed by atoms with E-state index in [0.29, 0.717) is 12.1 Å². The van der Waals surface area contributed by atoms with Crippen molar-refractivity contribution in [2.75, 3.05) is 13.1 Å². The molecule has 2 rings (SSSR count). The van der Waals surface area contributed by atoms with Gasteiger partial charge in [-0.3, -0.25) is 9.59 Å². The Kier molecular flexibility index (Phi) is 6.16. The quantitative estimate of drug-likeness (QED) is 0.747. The number of carbonyl (C=O) groups excluding carboxylic acids is 2. The van der Waals surface area contributed by atoms with Crippen molar-refractivity contribution in [1.29, 1.82) is 0 Å². The molecule has 126 valence electrons. The van der Waals surface area contributed by atoms with Crippen LogP contribution < -0.4 is 16.0 Å². The Labute approximate surface area is 138 Å². The molecule has 0 unspecified atom stereocenters. The smallest absolute Gasteiger partial charge is 0.251 e. The zero-order chi connectivity index (χ0) is 16.8. The Balaban J connectivity index is 1.87. The van der Waals surface area contributed by atoms with E-state index >= 15 is 0 Å². The topological polar surface area (TPSA) is 70.2 Å². The van der Waals surface area contributed by atoms with Gasteiger partial charge in [0, 0.05) is 18.2 Å². The average molecular weight is 317 g/mol. The first-order chi connectivity index (χ1) is 11.0. The minimum atomic E-state index is -0.108. The number of carbonyl (C=O) groups is 2. The second kappa shape index (κ2) is 8.11. The maximum Gasteiger partial charge on any atom is 0.251 e. The summed E-state index contributed by atoms with van der Waals surface area (Å²) >= 11 is 0. The third-order valence-corrected chi connectivity index (χ3v) is 4.31. The van der Waals surface area contributed by atoms with Crippen LogP contribution in [0.15, 0.2) is 24.3 Å². The number of amides is 2. The van der Waals surface area contributed by atoms with Crippen molar-refractivity contribution in [2.45, 2.75) is 45.7 Å². The summed E-state index contributed by atoms with van der Waals surface area (Å²) in [6.07, 6.45) is 1.92. The van der Waals surface area contributed by atoms with Gasteiger partial charge in [-0.1, -0.05) is 31.5 Å². The zero-order valence-corrected chi connectivity index (χ0v) is 14.2. The van der Waals surface area contributed by atoms with Crippen LogP contribution in [0.3, 0.4) is 0 Å². The monoisotopic (exact) mass is 317 g/mol. The highest BCUT2D eigenvalue weighted by molar-refractivity contribution is 5.94. The van der Waals surface area contributed by atoms with Crippen molar-refractivity contribution in [2.24, 2.45) is 5.92 Å². The van der Waals surface area contributed by atoms with Gasteiger partial charge in [0.25, 0.3) is 5.91 Å². The van der Waals surface area contributed by atoms with Gasteiger partial charge in [-0.05, 0) is 44.4 Å². The van der Waals surface area contributed by atoms with Crippen LogP contribution in [0, 0.1) is 12.8 Å². The third-order valence-electron chi connectivity index (χ3n) is 4.31. The number of aryl methyl sites for hydroxylation is 1. The average Bonchev–Trinajstić information content (AvgIpc) is 3.05. The Morgan fingerprint density at radius 2 is 1.96 bits per heavy atom. The Bertz CT molecular complexity index is 534. The van der Waals surface area contributed by atoms with Crippen molar-refractivity contribution in [3.63, 3.8) is 0 Å². The summed E-state index contributed by atoms with van der Waals surface area (Å²) in [7, 11) is 0. The van der Waals surface area contributed by atoms with Crippen molar-refractivity contribution in [3.8, 4) is 0 Å². The summed E-state index contributed by atoms with van der Waals surface area (Å²) in [6.45, 7) is 7.41. The first kappa shape index (κ1) is 17.5. The zero-order valence-electron chi connectivity index (χ0n) is 14.2. The lowest BCUT2D eigenvalue weighted by Crippen LogP contribution is -2.51. The molecule has 0 radical (unpaired) electrons. The predicted molar refractivity (Wildman–Crippen MR) is 91.3 cm³/mol. The van der Waals surface area contributed by atoms with Gasteiger partial charge in [-0.15, -0.1) is 0 Å². The summed E-state index contributed by atoms with van der Waals surface area (Å²) in [5.41, 5.74) is 1.76. The number of benzene rings is 1. The second-order valence-electron chi connectivity index (χ2n) is 6.58. The van der Waals surface area contributed by atoms with Gasteiger partial charge in [-0.25, -0.2) is 0 Å². The van der Waals surface area contributed by atoms with Crippen LogP contribution in [0.4, 0.5) is 0 Å². The Hall–Kier alpha value is -1.88. The molecule has 0 aliphatic carbocycles. The molecule has 0 saturated carbocycles. The molecule has 0 bridgehead atoms. The van der Waals surface area contributed by atoms with Crippen molar-refractivity contribution >= 4 is 11.8 Å². The van der Waals surface area contributed by atoms with Gasteiger partial charge in [0.05, 0.1) is 6.04 Å². The first-order valence-electron chi connectivity index (χ1n) is 8.36. The first-order valence-corrected chi connectivity index (χ1v) is 8.36. The molecule has 5 nitrogen and oxygen atoms in total. The van der Waals surface area contributed by atoms with E-state index in [9.17, 15) is 9.59 Å². The lowest BCUT2D eigenvalue weighted by atomic mass is 10.0. The van der Waals surface area contributed by atoms with Crippen LogP contribution in [0.2, 0.25) is 0 Å². The van der Waals surface area contributed by atoms with Gasteiger partial charge < -0.3 is 16.0 Å². The molecule has 3 N–H and O–H groups in total. The van der Waals surface area contributed by atoms with E-state index < -0.39 is 0 Å². The molecule has 1 aromatic carbocycles. The maximum absolute atomic E-state index is 12.2. The lowest BCUT2D eigenvalue weighted by Gasteiger charge is -2.24. The number of hydrogen-bond acceptors (Lipinski definition) is 3. The van der Waals surface area contributed by atoms with Gasteiger partial charge in [0.15, 0.2) is 0 Å². The van der Waals surface area contributed by atoms with Crippen molar-refractivity contribution in [1.82, 2.24) is 16.0 Å². The SMILES string of the molecule is Cc1ccc(C(=O)NC[C@H](NC(=O)[C@@H]2CCCN2)C(C)C)cc1. The molecule has 1 heterocycles. The fraction of sp³-hybridized carbons (Fsp3) is 0.556. The summed E-state index contributed by atoms with van der Waals surface area (Å²) < 4.78 is 0. The van der Waals surface area contributed by atoms with E-state index in [-0.39, 0.29) is 29.8 Å². The molecule has 1 aromatic rings. The van der Waals surface area contributed by atoms with E-state index in [1.54, 1.807) is 0 Å². The van der Waals surface area contributed by atoms with Gasteiger partial charge in [-0.2, -0.15) is 0 Å². The summed E-state index contributed by atoms with van der Waals surface area (Å²) in [5, 5.41) is 9.18. The van der Waals surface area contributed by atoms with Crippen LogP contribution in [0.5, 0.6) is 0 Å². The van der Waals surface area contributed by atoms with E-state index in [2.05, 4.69) is 16.0 Å². The molecule has 23 heavy (non-hydrogen) atoms. The van der Waals surface area contributed by atoms with Gasteiger partial charge in [0.2, 0.25) is 5.91 Å². The largest absolute Gasteiger partial charge is 0.350 e. The van der Waals surface area contributed by atoms with E-state index in [1.807, 2.05) is 45.0 Å². The van der Waals surface area contributed by atoms with Crippen LogP contribution in [-0.2, 0) is 4.79 Å². The lowest BCUT2D eigenvalue weighted by molar-refractivity contribution is -0.123. The summed E-state index contributed by atoms with van der Waals surface area (Å²) in [4.78, 5) is 24.4. The van der Waals surface area contributed by atoms with Crippen molar-refractivity contribution < 1.29 is 9.59 Å². The maximum atomic E-state index is 12.2. The fourth-order valence-corrected chi connectivity index (χ4v) is 2.65. The molecule has 0 spiro atoms. The highest BCUT2D eigenvalue weighted by Gasteiger charge is 2.25. The number of hydrogen-bond donors (Lipinski definition) is 3. The number of nitrogens with one attached hydrogen (secondary N) is 3. The molecule has 2 atom stereocenters. The van der Waals surface area contributed by atoms with E-state index in [0.717, 1.165) is 24.9 Å². The number of rotatable bonds is 6. The highest BCUT2D eigenvalue weighted by atomic mass is 16.2. The normalized spacial score (nSPS) is 18.7. The second-order valence-corrected chi connectivity index (χ2v) is 6.58. The van der Waals surface area contributed by atoms with Crippen LogP contribution in [0.1, 0.15) is 42.6 Å². The van der Waals surface area contributed by atoms with E-state index in [1.165, 1.54) is 0 Å². The molecule has 2 amide bonds. The molecular formula is C18H27N3O2. The summed E-state index contributed by atoms with van der Waals surface area (Å²) in [6, 6.07) is 7.31. The Morgan fingerprint density at radius 1 is 1.26 bits per heavy atom. The molecule has 1 aliphatic heterocycles. The van der Waals surface area contributed by atoms with E-state index in [4.69, 9.17) is 0 Å². The van der Waals surface area contributed by atoms with Crippen LogP contribution in [-0.4, -0.2) is 37.0 Å². The summed E-state index contributed by atoms with van der Waals surface area (Å²) in [5.74, 6) is 0.174. The molecular weight excluding hydrogens is 290 g/mol. The minimum absolute atomic E-state index is 0.0331. The molecule has 0 aromatic heterocycles. The minimum Gasteiger partial charge on any atom is -0.350 e. The van der Waals surface area contributed by atoms with Crippen molar-refractivity contribution in [3.05, 3.63) is 35.4 Å². The van der Waals surface area contributed by atoms with Crippen LogP contribution >= 0.6 is 0 Å². The van der Waals surface area contributed by atoms with Gasteiger partial charge in [0.1, 0.15) is 0 Å². The molecule has 5 heteroatoms. The third kappa shape index (κ3) is 5.06. The Morgan fingerprint density at radius 3 is 2.52 bits per heavy atom. The molecule has 1 aliphatic rings.